The Morgan fingerprint density at radius 3 is 2.88 bits per heavy atom. The second-order valence-corrected chi connectivity index (χ2v) is 8.88. The highest BCUT2D eigenvalue weighted by atomic mass is 16.5. The number of hydrogen-bond acceptors (Lipinski definition) is 4. The average molecular weight is 464 g/mol. The molecule has 0 spiro atoms. The minimum absolute atomic E-state index is 0.0131. The molecule has 0 saturated heterocycles. The molecule has 1 atom stereocenters. The van der Waals surface area contributed by atoms with Crippen LogP contribution in [-0.4, -0.2) is 48.2 Å². The van der Waals surface area contributed by atoms with Gasteiger partial charge in [-0.15, -0.1) is 0 Å². The topological polar surface area (TPSA) is 103 Å². The number of benzene rings is 2. The number of para-hydroxylation sites is 1. The first-order chi connectivity index (χ1) is 16.6. The van der Waals surface area contributed by atoms with Crippen LogP contribution in [0.3, 0.4) is 0 Å². The zero-order valence-corrected chi connectivity index (χ0v) is 19.7. The van der Waals surface area contributed by atoms with Crippen molar-refractivity contribution in [3.63, 3.8) is 0 Å². The molecule has 2 heterocycles. The Bertz CT molecular complexity index is 1150. The van der Waals surface area contributed by atoms with Crippen LogP contribution in [0, 0.1) is 0 Å². The standard InChI is InChI=1S/C27H33N3O4/c1-28-25(32)11-6-7-18-13-19-8-4-5-12-34-26(19)23(14-18)27(33)30-21(17-31)15-20-16-29-24-10-3-2-9-22(20)24/h2-3,9-10,13-14,16,21,29,31H,4-8,11-12,15,17H2,1H3,(H,28,32)(H,30,33)/t21-/m1/s1. The molecule has 0 unspecified atom stereocenters. The fraction of sp³-hybridized carbons (Fsp3) is 0.407. The van der Waals surface area contributed by atoms with Crippen molar-refractivity contribution < 1.29 is 19.4 Å². The molecule has 180 valence electrons. The van der Waals surface area contributed by atoms with Gasteiger partial charge in [-0.05, 0) is 67.3 Å². The van der Waals surface area contributed by atoms with Crippen LogP contribution in [0.1, 0.15) is 52.7 Å². The number of aryl methyl sites for hydroxylation is 2. The Balaban J connectivity index is 1.53. The molecule has 7 heteroatoms. The largest absolute Gasteiger partial charge is 0.492 e. The van der Waals surface area contributed by atoms with Crippen molar-refractivity contribution in [2.75, 3.05) is 20.3 Å². The first kappa shape index (κ1) is 23.8. The number of aliphatic hydroxyl groups excluding tert-OH is 1. The lowest BCUT2D eigenvalue weighted by molar-refractivity contribution is -0.120. The summed E-state index contributed by atoms with van der Waals surface area (Å²) < 4.78 is 6.00. The smallest absolute Gasteiger partial charge is 0.255 e. The molecule has 0 radical (unpaired) electrons. The van der Waals surface area contributed by atoms with Crippen LogP contribution in [-0.2, 0) is 24.1 Å². The number of aliphatic hydroxyl groups is 1. The molecule has 0 aliphatic carbocycles. The third-order valence-corrected chi connectivity index (χ3v) is 6.40. The van der Waals surface area contributed by atoms with Crippen LogP contribution < -0.4 is 15.4 Å². The summed E-state index contributed by atoms with van der Waals surface area (Å²) in [5.74, 6) is 0.415. The lowest BCUT2D eigenvalue weighted by atomic mass is 9.97. The van der Waals surface area contributed by atoms with Gasteiger partial charge in [-0.25, -0.2) is 0 Å². The van der Waals surface area contributed by atoms with E-state index in [-0.39, 0.29) is 18.4 Å². The molecule has 3 aromatic rings. The molecule has 0 saturated carbocycles. The van der Waals surface area contributed by atoms with E-state index in [0.29, 0.717) is 43.6 Å². The molecular weight excluding hydrogens is 430 g/mol. The zero-order chi connectivity index (χ0) is 23.9. The lowest BCUT2D eigenvalue weighted by Crippen LogP contribution is -2.39. The van der Waals surface area contributed by atoms with Crippen LogP contribution in [0.4, 0.5) is 0 Å². The number of amides is 2. The summed E-state index contributed by atoms with van der Waals surface area (Å²) in [5.41, 5.74) is 4.65. The number of carbonyl (C=O) groups is 2. The maximum Gasteiger partial charge on any atom is 0.255 e. The van der Waals surface area contributed by atoms with Crippen molar-refractivity contribution in [3.8, 4) is 5.75 Å². The van der Waals surface area contributed by atoms with Gasteiger partial charge >= 0.3 is 0 Å². The summed E-state index contributed by atoms with van der Waals surface area (Å²) in [4.78, 5) is 28.2. The van der Waals surface area contributed by atoms with E-state index in [2.05, 4.69) is 21.7 Å². The van der Waals surface area contributed by atoms with Crippen molar-refractivity contribution >= 4 is 22.7 Å². The fourth-order valence-corrected chi connectivity index (χ4v) is 4.58. The van der Waals surface area contributed by atoms with Gasteiger partial charge in [0.25, 0.3) is 5.91 Å². The number of nitrogens with one attached hydrogen (secondary N) is 3. The highest BCUT2D eigenvalue weighted by molar-refractivity contribution is 5.98. The summed E-state index contributed by atoms with van der Waals surface area (Å²) in [6.07, 6.45) is 7.13. The first-order valence-corrected chi connectivity index (χ1v) is 12.0. The zero-order valence-electron chi connectivity index (χ0n) is 19.7. The third-order valence-electron chi connectivity index (χ3n) is 6.40. The van der Waals surface area contributed by atoms with E-state index in [1.165, 1.54) is 0 Å². The maximum absolute atomic E-state index is 13.4. The van der Waals surface area contributed by atoms with Crippen molar-refractivity contribution in [1.82, 2.24) is 15.6 Å². The quantitative estimate of drug-likeness (QED) is 0.391. The molecule has 1 aliphatic rings. The maximum atomic E-state index is 13.4. The molecule has 7 nitrogen and oxygen atoms in total. The Morgan fingerprint density at radius 2 is 2.06 bits per heavy atom. The van der Waals surface area contributed by atoms with Gasteiger partial charge in [0.15, 0.2) is 0 Å². The fourth-order valence-electron chi connectivity index (χ4n) is 4.58. The monoisotopic (exact) mass is 463 g/mol. The van der Waals surface area contributed by atoms with Crippen LogP contribution >= 0.6 is 0 Å². The summed E-state index contributed by atoms with van der Waals surface area (Å²) in [5, 5.41) is 16.8. The number of hydrogen-bond donors (Lipinski definition) is 4. The summed E-state index contributed by atoms with van der Waals surface area (Å²) in [6, 6.07) is 11.6. The van der Waals surface area contributed by atoms with Gasteiger partial charge in [-0.3, -0.25) is 9.59 Å². The van der Waals surface area contributed by atoms with E-state index in [1.54, 1.807) is 7.05 Å². The van der Waals surface area contributed by atoms with Gasteiger partial charge in [0, 0.05) is 30.6 Å². The van der Waals surface area contributed by atoms with E-state index in [9.17, 15) is 14.7 Å². The normalized spacial score (nSPS) is 14.1. The Labute approximate surface area is 199 Å². The van der Waals surface area contributed by atoms with E-state index >= 15 is 0 Å². The molecular formula is C27H33N3O4. The number of carbonyl (C=O) groups excluding carboxylic acids is 2. The predicted molar refractivity (Wildman–Crippen MR) is 132 cm³/mol. The average Bonchev–Trinajstić information content (AvgIpc) is 3.10. The second kappa shape index (κ2) is 11.2. The molecule has 0 bridgehead atoms. The van der Waals surface area contributed by atoms with E-state index in [4.69, 9.17) is 4.74 Å². The molecule has 4 N–H and O–H groups in total. The molecule has 2 amide bonds. The van der Waals surface area contributed by atoms with E-state index < -0.39 is 6.04 Å². The molecule has 2 aromatic carbocycles. The first-order valence-electron chi connectivity index (χ1n) is 12.0. The van der Waals surface area contributed by atoms with Gasteiger partial charge in [-0.2, -0.15) is 0 Å². The van der Waals surface area contributed by atoms with E-state index in [1.807, 2.05) is 36.5 Å². The molecule has 1 aliphatic heterocycles. The summed E-state index contributed by atoms with van der Waals surface area (Å²) in [6.45, 7) is 0.419. The van der Waals surface area contributed by atoms with Crippen LogP contribution in [0.2, 0.25) is 0 Å². The third kappa shape index (κ3) is 5.59. The highest BCUT2D eigenvalue weighted by Crippen LogP contribution is 2.31. The van der Waals surface area contributed by atoms with Gasteiger partial charge in [0.05, 0.1) is 24.8 Å². The number of ether oxygens (including phenoxy) is 1. The summed E-state index contributed by atoms with van der Waals surface area (Å²) >= 11 is 0. The Kier molecular flexibility index (Phi) is 7.85. The van der Waals surface area contributed by atoms with Gasteiger partial charge in [0.1, 0.15) is 5.75 Å². The van der Waals surface area contributed by atoms with Crippen molar-refractivity contribution in [1.29, 1.82) is 0 Å². The minimum atomic E-state index is -0.426. The minimum Gasteiger partial charge on any atom is -0.492 e. The number of aromatic amines is 1. The molecule has 4 rings (SSSR count). The van der Waals surface area contributed by atoms with Crippen molar-refractivity contribution in [3.05, 3.63) is 64.8 Å². The van der Waals surface area contributed by atoms with Crippen LogP contribution in [0.25, 0.3) is 10.9 Å². The van der Waals surface area contributed by atoms with E-state index in [0.717, 1.165) is 46.9 Å². The van der Waals surface area contributed by atoms with Gasteiger partial charge in [0.2, 0.25) is 5.91 Å². The van der Waals surface area contributed by atoms with Crippen molar-refractivity contribution in [2.24, 2.45) is 0 Å². The Morgan fingerprint density at radius 1 is 1.21 bits per heavy atom. The van der Waals surface area contributed by atoms with Crippen LogP contribution in [0.5, 0.6) is 5.75 Å². The second-order valence-electron chi connectivity index (χ2n) is 8.88. The molecule has 0 fully saturated rings. The van der Waals surface area contributed by atoms with Gasteiger partial charge in [-0.1, -0.05) is 24.3 Å². The predicted octanol–water partition coefficient (Wildman–Crippen LogP) is 3.29. The number of aromatic nitrogens is 1. The molecule has 1 aromatic heterocycles. The summed E-state index contributed by atoms with van der Waals surface area (Å²) in [7, 11) is 1.64. The highest BCUT2D eigenvalue weighted by Gasteiger charge is 2.23. The van der Waals surface area contributed by atoms with Crippen molar-refractivity contribution in [2.45, 2.75) is 51.0 Å². The van der Waals surface area contributed by atoms with Gasteiger partial charge < -0.3 is 25.5 Å². The Hall–Kier alpha value is -3.32. The lowest BCUT2D eigenvalue weighted by Gasteiger charge is -2.19. The van der Waals surface area contributed by atoms with Crippen LogP contribution in [0.15, 0.2) is 42.6 Å². The number of rotatable bonds is 9. The number of H-pyrrole nitrogens is 1. The number of fused-ring (bicyclic) bond motifs is 2. The molecule has 34 heavy (non-hydrogen) atoms. The SMILES string of the molecule is CNC(=O)CCCc1cc2c(c(C(=O)N[C@@H](CO)Cc3c[nH]c4ccccc34)c1)OCCCC2.